The summed E-state index contributed by atoms with van der Waals surface area (Å²) in [5.41, 5.74) is 5.05. The molecular weight excluding hydrogens is 484 g/mol. The average molecular weight is 502 g/mol. The first-order chi connectivity index (χ1) is 16.6. The lowest BCUT2D eigenvalue weighted by Gasteiger charge is -2.23. The number of aromatic nitrogens is 2. The van der Waals surface area contributed by atoms with Crippen LogP contribution >= 0.6 is 0 Å². The average Bonchev–Trinajstić information content (AvgIpc) is 2.83. The van der Waals surface area contributed by atoms with Gasteiger partial charge in [0, 0.05) is 11.1 Å². The number of nitrogens with two attached hydrogens (primary N) is 1. The molecule has 3 aromatic carbocycles. The van der Waals surface area contributed by atoms with Crippen LogP contribution in [0.5, 0.6) is 0 Å². The van der Waals surface area contributed by atoms with Gasteiger partial charge >= 0.3 is 6.18 Å². The molecule has 0 radical (unpaired) electrons. The summed E-state index contributed by atoms with van der Waals surface area (Å²) in [5.74, 6) is -1.22. The molecular formula is C24H18F4N4O2S. The highest BCUT2D eigenvalue weighted by atomic mass is 32.2. The van der Waals surface area contributed by atoms with Gasteiger partial charge in [0.15, 0.2) is 5.82 Å². The molecule has 4 rings (SSSR count). The van der Waals surface area contributed by atoms with E-state index in [4.69, 9.17) is 5.73 Å². The van der Waals surface area contributed by atoms with E-state index in [1.165, 1.54) is 42.5 Å². The van der Waals surface area contributed by atoms with Crippen LogP contribution in [0, 0.1) is 5.82 Å². The van der Waals surface area contributed by atoms with E-state index in [9.17, 15) is 21.6 Å². The molecule has 0 saturated heterocycles. The molecule has 0 aliphatic carbocycles. The summed E-state index contributed by atoms with van der Waals surface area (Å²) in [7, 11) is -5.06. The van der Waals surface area contributed by atoms with Crippen molar-refractivity contribution < 1.29 is 26.0 Å². The standard InChI is InChI=1S/C24H18F4N4O2S/c25-21-18(19-13-31-20(29)14-30-19)12-11-17(15-7-3-1-4-8-15)22(21)35(33,34)32-23(24(26,27)28)16-9-5-2-6-10-16/h1-14,23,32H,(H2,29,31)/t23-/m0/s1. The van der Waals surface area contributed by atoms with Crippen molar-refractivity contribution >= 4 is 15.8 Å². The van der Waals surface area contributed by atoms with Gasteiger partial charge in [-0.1, -0.05) is 66.7 Å². The molecule has 0 aliphatic rings. The number of alkyl halides is 3. The fraction of sp³-hybridized carbons (Fsp3) is 0.0833. The summed E-state index contributed by atoms with van der Waals surface area (Å²) in [6.45, 7) is 0. The van der Waals surface area contributed by atoms with Gasteiger partial charge in [0.1, 0.15) is 16.8 Å². The molecule has 35 heavy (non-hydrogen) atoms. The van der Waals surface area contributed by atoms with E-state index >= 15 is 4.39 Å². The molecule has 3 N–H and O–H groups in total. The minimum absolute atomic E-state index is 0.0387. The van der Waals surface area contributed by atoms with Crippen molar-refractivity contribution in [3.8, 4) is 22.4 Å². The van der Waals surface area contributed by atoms with Gasteiger partial charge in [-0.25, -0.2) is 17.8 Å². The lowest BCUT2D eigenvalue weighted by molar-refractivity contribution is -0.153. The molecule has 0 unspecified atom stereocenters. The predicted molar refractivity (Wildman–Crippen MR) is 123 cm³/mol. The summed E-state index contributed by atoms with van der Waals surface area (Å²) in [4.78, 5) is 6.84. The highest BCUT2D eigenvalue weighted by Gasteiger charge is 2.44. The maximum Gasteiger partial charge on any atom is 0.408 e. The van der Waals surface area contributed by atoms with Gasteiger partial charge in [0.05, 0.1) is 18.1 Å². The molecule has 1 aromatic heterocycles. The van der Waals surface area contributed by atoms with Crippen molar-refractivity contribution in [1.82, 2.24) is 14.7 Å². The van der Waals surface area contributed by atoms with E-state index in [1.807, 2.05) is 0 Å². The Labute approximate surface area is 198 Å². The lowest BCUT2D eigenvalue weighted by atomic mass is 10.0. The summed E-state index contributed by atoms with van der Waals surface area (Å²) in [5, 5.41) is 0. The zero-order valence-corrected chi connectivity index (χ0v) is 18.7. The number of nitrogens with one attached hydrogen (secondary N) is 1. The third kappa shape index (κ3) is 5.15. The van der Waals surface area contributed by atoms with Gasteiger partial charge in [0.25, 0.3) is 0 Å². The second kappa shape index (κ2) is 9.43. The number of rotatable bonds is 6. The van der Waals surface area contributed by atoms with Gasteiger partial charge in [-0.05, 0) is 17.2 Å². The van der Waals surface area contributed by atoms with Crippen LogP contribution in [0.25, 0.3) is 22.4 Å². The van der Waals surface area contributed by atoms with Crippen molar-refractivity contribution in [3.63, 3.8) is 0 Å². The Balaban J connectivity index is 1.91. The zero-order chi connectivity index (χ0) is 25.2. The van der Waals surface area contributed by atoms with Gasteiger partial charge < -0.3 is 5.73 Å². The molecule has 0 aliphatic heterocycles. The first-order valence-electron chi connectivity index (χ1n) is 10.2. The van der Waals surface area contributed by atoms with E-state index in [1.54, 1.807) is 22.9 Å². The van der Waals surface area contributed by atoms with Crippen LogP contribution in [0.15, 0.2) is 90.1 Å². The third-order valence-electron chi connectivity index (χ3n) is 5.13. The Morgan fingerprint density at radius 1 is 0.829 bits per heavy atom. The smallest absolute Gasteiger partial charge is 0.382 e. The molecule has 180 valence electrons. The van der Waals surface area contributed by atoms with Crippen molar-refractivity contribution in [2.24, 2.45) is 0 Å². The van der Waals surface area contributed by atoms with E-state index in [2.05, 4.69) is 9.97 Å². The number of halogens is 4. The number of hydrogen-bond acceptors (Lipinski definition) is 5. The molecule has 0 spiro atoms. The van der Waals surface area contributed by atoms with E-state index < -0.39 is 33.0 Å². The second-order valence-electron chi connectivity index (χ2n) is 7.50. The summed E-state index contributed by atoms with van der Waals surface area (Å²) in [6.07, 6.45) is -2.69. The number of sulfonamides is 1. The van der Waals surface area contributed by atoms with Gasteiger partial charge in [-0.3, -0.25) is 4.98 Å². The molecule has 0 bridgehead atoms. The van der Waals surface area contributed by atoms with Crippen LogP contribution in [-0.2, 0) is 10.0 Å². The molecule has 6 nitrogen and oxygen atoms in total. The van der Waals surface area contributed by atoms with Crippen molar-refractivity contribution in [2.75, 3.05) is 5.73 Å². The summed E-state index contributed by atoms with van der Waals surface area (Å²) < 4.78 is 86.0. The Hall–Kier alpha value is -3.83. The SMILES string of the molecule is Nc1cnc(-c2ccc(-c3ccccc3)c(S(=O)(=O)N[C@@H](c3ccccc3)C(F)(F)F)c2F)cn1. The molecule has 0 fully saturated rings. The molecule has 1 atom stereocenters. The van der Waals surface area contributed by atoms with Gasteiger partial charge in [-0.15, -0.1) is 0 Å². The van der Waals surface area contributed by atoms with E-state index in [-0.39, 0.29) is 28.2 Å². The number of nitrogens with zero attached hydrogens (tertiary/aromatic N) is 2. The van der Waals surface area contributed by atoms with Crippen molar-refractivity contribution in [2.45, 2.75) is 17.1 Å². The number of hydrogen-bond donors (Lipinski definition) is 2. The quantitative estimate of drug-likeness (QED) is 0.357. The Kier molecular flexibility index (Phi) is 6.55. The number of benzene rings is 3. The Morgan fingerprint density at radius 2 is 1.43 bits per heavy atom. The van der Waals surface area contributed by atoms with Crippen LogP contribution in [0.1, 0.15) is 11.6 Å². The monoisotopic (exact) mass is 502 g/mol. The highest BCUT2D eigenvalue weighted by Crippen LogP contribution is 2.38. The van der Waals surface area contributed by atoms with E-state index in [0.29, 0.717) is 5.56 Å². The normalized spacial score (nSPS) is 12.9. The fourth-order valence-electron chi connectivity index (χ4n) is 3.52. The van der Waals surface area contributed by atoms with Crippen molar-refractivity contribution in [1.29, 1.82) is 0 Å². The molecule has 11 heteroatoms. The zero-order valence-electron chi connectivity index (χ0n) is 17.9. The van der Waals surface area contributed by atoms with Crippen molar-refractivity contribution in [3.05, 3.63) is 96.6 Å². The minimum atomic E-state index is -5.06. The Morgan fingerprint density at radius 3 is 2.00 bits per heavy atom. The topological polar surface area (TPSA) is 98.0 Å². The molecule has 0 saturated carbocycles. The Bertz CT molecular complexity index is 1430. The fourth-order valence-corrected chi connectivity index (χ4v) is 5.04. The van der Waals surface area contributed by atoms with Gasteiger partial charge in [0.2, 0.25) is 10.0 Å². The predicted octanol–water partition coefficient (Wildman–Crippen LogP) is 5.11. The number of nitrogen functional groups attached to an aromatic ring is 1. The second-order valence-corrected chi connectivity index (χ2v) is 9.15. The first kappa shape index (κ1) is 24.3. The maximum absolute atomic E-state index is 15.9. The van der Waals surface area contributed by atoms with Gasteiger partial charge in [-0.2, -0.15) is 17.9 Å². The third-order valence-corrected chi connectivity index (χ3v) is 6.61. The first-order valence-corrected chi connectivity index (χ1v) is 11.7. The van der Waals surface area contributed by atoms with Crippen LogP contribution < -0.4 is 10.5 Å². The molecule has 0 amide bonds. The van der Waals surface area contributed by atoms with Crippen LogP contribution in [-0.4, -0.2) is 24.6 Å². The van der Waals surface area contributed by atoms with Crippen LogP contribution in [0.4, 0.5) is 23.4 Å². The largest absolute Gasteiger partial charge is 0.408 e. The number of anilines is 1. The maximum atomic E-state index is 15.9. The van der Waals surface area contributed by atoms with E-state index in [0.717, 1.165) is 24.5 Å². The minimum Gasteiger partial charge on any atom is -0.382 e. The van der Waals surface area contributed by atoms with Crippen LogP contribution in [0.3, 0.4) is 0 Å². The lowest BCUT2D eigenvalue weighted by Crippen LogP contribution is -2.38. The molecule has 1 heterocycles. The summed E-state index contributed by atoms with van der Waals surface area (Å²) in [6, 6.07) is 14.4. The molecule has 4 aromatic rings. The summed E-state index contributed by atoms with van der Waals surface area (Å²) >= 11 is 0. The highest BCUT2D eigenvalue weighted by molar-refractivity contribution is 7.89. The van der Waals surface area contributed by atoms with Crippen LogP contribution in [0.2, 0.25) is 0 Å².